The Morgan fingerprint density at radius 1 is 1.32 bits per heavy atom. The van der Waals surface area contributed by atoms with E-state index in [0.29, 0.717) is 29.4 Å². The molecule has 1 amide bonds. The van der Waals surface area contributed by atoms with Gasteiger partial charge in [-0.2, -0.15) is 13.2 Å². The van der Waals surface area contributed by atoms with Crippen LogP contribution in [-0.4, -0.2) is 50.2 Å². The monoisotopic (exact) mass is 433 g/mol. The Kier molecular flexibility index (Phi) is 5.03. The number of nitrogens with one attached hydrogen (secondary N) is 2. The lowest BCUT2D eigenvalue weighted by Gasteiger charge is -2.41. The lowest BCUT2D eigenvalue weighted by molar-refractivity contribution is -0.137. The molecule has 0 saturated carbocycles. The van der Waals surface area contributed by atoms with Gasteiger partial charge in [0, 0.05) is 48.0 Å². The van der Waals surface area contributed by atoms with Crippen molar-refractivity contribution in [3.05, 3.63) is 42.2 Å². The van der Waals surface area contributed by atoms with Crippen LogP contribution < -0.4 is 5.32 Å². The van der Waals surface area contributed by atoms with Crippen molar-refractivity contribution in [1.29, 1.82) is 0 Å². The van der Waals surface area contributed by atoms with Crippen LogP contribution >= 0.6 is 0 Å². The Balaban J connectivity index is 1.72. The van der Waals surface area contributed by atoms with Crippen molar-refractivity contribution in [3.63, 3.8) is 0 Å². The zero-order valence-electron chi connectivity index (χ0n) is 17.0. The summed E-state index contributed by atoms with van der Waals surface area (Å²) in [7, 11) is 0. The van der Waals surface area contributed by atoms with Gasteiger partial charge in [0.25, 0.3) is 0 Å². The van der Waals surface area contributed by atoms with Gasteiger partial charge in [-0.05, 0) is 17.9 Å². The van der Waals surface area contributed by atoms with E-state index in [9.17, 15) is 23.1 Å². The van der Waals surface area contributed by atoms with E-state index in [0.717, 1.165) is 6.20 Å². The van der Waals surface area contributed by atoms with Crippen LogP contribution in [0.5, 0.6) is 0 Å². The summed E-state index contributed by atoms with van der Waals surface area (Å²) < 4.78 is 41.1. The van der Waals surface area contributed by atoms with E-state index in [1.165, 1.54) is 11.1 Å². The van der Waals surface area contributed by atoms with E-state index in [4.69, 9.17) is 0 Å². The summed E-state index contributed by atoms with van der Waals surface area (Å²) in [6.45, 7) is 4.48. The summed E-state index contributed by atoms with van der Waals surface area (Å²) in [5, 5.41) is 13.1. The molecular formula is C21H22F3N5O2. The first-order chi connectivity index (χ1) is 14.5. The number of para-hydroxylation sites is 1. The number of hydrogen-bond acceptors (Lipinski definition) is 4. The summed E-state index contributed by atoms with van der Waals surface area (Å²) in [5.41, 5.74) is -0.430. The van der Waals surface area contributed by atoms with Crippen LogP contribution in [0.25, 0.3) is 22.2 Å². The number of rotatable bonds is 3. The molecule has 1 aliphatic rings. The summed E-state index contributed by atoms with van der Waals surface area (Å²) in [4.78, 5) is 23.8. The first kappa shape index (κ1) is 21.0. The molecule has 31 heavy (non-hydrogen) atoms. The summed E-state index contributed by atoms with van der Waals surface area (Å²) in [5.74, 6) is 0.0290. The fourth-order valence-electron chi connectivity index (χ4n) is 4.20. The van der Waals surface area contributed by atoms with Crippen LogP contribution in [0.1, 0.15) is 25.8 Å². The second kappa shape index (κ2) is 7.44. The van der Waals surface area contributed by atoms with Gasteiger partial charge >= 0.3 is 12.3 Å². The largest absolute Gasteiger partial charge is 0.465 e. The molecule has 0 spiro atoms. The van der Waals surface area contributed by atoms with Gasteiger partial charge in [0.1, 0.15) is 5.56 Å². The Hall–Kier alpha value is -3.30. The summed E-state index contributed by atoms with van der Waals surface area (Å²) >= 11 is 0. The van der Waals surface area contributed by atoms with E-state index >= 15 is 0 Å². The smallest absolute Gasteiger partial charge is 0.419 e. The van der Waals surface area contributed by atoms with Crippen molar-refractivity contribution < 1.29 is 23.1 Å². The second-order valence-corrected chi connectivity index (χ2v) is 8.57. The van der Waals surface area contributed by atoms with Gasteiger partial charge in [-0.3, -0.25) is 0 Å². The number of nitrogens with zero attached hydrogens (tertiary/aromatic N) is 3. The number of benzene rings is 1. The highest BCUT2D eigenvalue weighted by Gasteiger charge is 2.37. The van der Waals surface area contributed by atoms with E-state index in [1.54, 1.807) is 24.3 Å². The maximum Gasteiger partial charge on any atom is 0.419 e. The first-order valence-corrected chi connectivity index (χ1v) is 9.79. The van der Waals surface area contributed by atoms with E-state index < -0.39 is 17.8 Å². The molecule has 1 atom stereocenters. The van der Waals surface area contributed by atoms with Gasteiger partial charge in [0.2, 0.25) is 5.95 Å². The van der Waals surface area contributed by atoms with E-state index in [2.05, 4.69) is 20.3 Å². The fraction of sp³-hybridized carbons (Fsp3) is 0.381. The number of halogens is 3. The lowest BCUT2D eigenvalue weighted by Crippen LogP contribution is -2.51. The molecule has 3 heterocycles. The van der Waals surface area contributed by atoms with Crippen LogP contribution in [0, 0.1) is 5.41 Å². The molecule has 4 rings (SSSR count). The van der Waals surface area contributed by atoms with E-state index in [-0.39, 0.29) is 29.6 Å². The number of carboxylic acid groups (broad SMARTS) is 1. The Morgan fingerprint density at radius 3 is 2.77 bits per heavy atom. The molecule has 0 unspecified atom stereocenters. The molecule has 0 aliphatic carbocycles. The normalized spacial score (nSPS) is 18.9. The molecule has 0 radical (unpaired) electrons. The van der Waals surface area contributed by atoms with Gasteiger partial charge in [-0.15, -0.1) is 0 Å². The van der Waals surface area contributed by atoms with Crippen molar-refractivity contribution in [3.8, 4) is 11.3 Å². The van der Waals surface area contributed by atoms with Gasteiger partial charge in [0.15, 0.2) is 0 Å². The Bertz CT molecular complexity index is 1130. The lowest BCUT2D eigenvalue weighted by atomic mass is 9.82. The van der Waals surface area contributed by atoms with Crippen LogP contribution in [-0.2, 0) is 6.18 Å². The number of aromatic amines is 1. The number of piperidine rings is 1. The Labute approximate surface area is 176 Å². The highest BCUT2D eigenvalue weighted by atomic mass is 19.4. The molecule has 0 bridgehead atoms. The average molecular weight is 433 g/mol. The molecule has 1 aliphatic heterocycles. The van der Waals surface area contributed by atoms with Gasteiger partial charge in [0.05, 0.1) is 5.69 Å². The minimum absolute atomic E-state index is 0.0290. The predicted molar refractivity (Wildman–Crippen MR) is 110 cm³/mol. The van der Waals surface area contributed by atoms with Crippen LogP contribution in [0.15, 0.2) is 36.7 Å². The summed E-state index contributed by atoms with van der Waals surface area (Å²) in [6, 6.07) is 6.71. The fourth-order valence-corrected chi connectivity index (χ4v) is 4.20. The van der Waals surface area contributed by atoms with Crippen LogP contribution in [0.3, 0.4) is 0 Å². The number of likely N-dealkylation sites (tertiary alicyclic amines) is 1. The number of amides is 1. The standard InChI is InChI=1S/C21H22F3N5O2/c1-20(2)7-12(10-29(11-20)19(30)31)27-18-26-9-15(21(22,23)24)17(28-18)14-8-25-16-6-4-3-5-13(14)16/h3-6,8-9,12,25H,7,10-11H2,1-2H3,(H,30,31)(H,26,27,28)/t12-/m0/s1. The molecule has 164 valence electrons. The SMILES string of the molecule is CC1(C)C[C@H](Nc2ncc(C(F)(F)F)c(-c3c[nH]c4ccccc34)n2)CN(C(=O)O)C1. The molecule has 1 saturated heterocycles. The Morgan fingerprint density at radius 2 is 2.06 bits per heavy atom. The molecule has 3 N–H and O–H groups in total. The molecule has 1 fully saturated rings. The number of carbonyl (C=O) groups is 1. The van der Waals surface area contributed by atoms with Crippen molar-refractivity contribution in [2.24, 2.45) is 5.41 Å². The third-order valence-corrected chi connectivity index (χ3v) is 5.40. The number of hydrogen-bond donors (Lipinski definition) is 3. The van der Waals surface area contributed by atoms with Gasteiger partial charge in [-0.1, -0.05) is 32.0 Å². The third kappa shape index (κ3) is 4.28. The third-order valence-electron chi connectivity index (χ3n) is 5.40. The number of anilines is 1. The van der Waals surface area contributed by atoms with Crippen LogP contribution in [0.2, 0.25) is 0 Å². The van der Waals surface area contributed by atoms with Gasteiger partial charge in [-0.25, -0.2) is 14.8 Å². The quantitative estimate of drug-likeness (QED) is 0.550. The second-order valence-electron chi connectivity index (χ2n) is 8.57. The predicted octanol–water partition coefficient (Wildman–Crippen LogP) is 4.83. The van der Waals surface area contributed by atoms with Crippen molar-refractivity contribution in [2.75, 3.05) is 18.4 Å². The minimum Gasteiger partial charge on any atom is -0.465 e. The minimum atomic E-state index is -4.63. The van der Waals surface area contributed by atoms with Crippen molar-refractivity contribution >= 4 is 22.9 Å². The van der Waals surface area contributed by atoms with Crippen LogP contribution in [0.4, 0.5) is 23.9 Å². The maximum atomic E-state index is 13.7. The highest BCUT2D eigenvalue weighted by molar-refractivity contribution is 5.95. The number of H-pyrrole nitrogens is 1. The number of aromatic nitrogens is 3. The molecule has 1 aromatic carbocycles. The molecule has 10 heteroatoms. The topological polar surface area (TPSA) is 94.1 Å². The summed E-state index contributed by atoms with van der Waals surface area (Å²) in [6.07, 6.45) is -2.76. The zero-order valence-corrected chi connectivity index (χ0v) is 17.0. The van der Waals surface area contributed by atoms with Crippen molar-refractivity contribution in [1.82, 2.24) is 19.9 Å². The molecular weight excluding hydrogens is 411 g/mol. The molecule has 3 aromatic rings. The van der Waals surface area contributed by atoms with E-state index in [1.807, 2.05) is 13.8 Å². The molecule has 2 aromatic heterocycles. The molecule has 7 nitrogen and oxygen atoms in total. The number of fused-ring (bicyclic) bond motifs is 1. The van der Waals surface area contributed by atoms with Crippen molar-refractivity contribution in [2.45, 2.75) is 32.5 Å². The first-order valence-electron chi connectivity index (χ1n) is 9.79. The maximum absolute atomic E-state index is 13.7. The average Bonchev–Trinajstić information content (AvgIpc) is 3.10. The van der Waals surface area contributed by atoms with Gasteiger partial charge < -0.3 is 20.3 Å². The highest BCUT2D eigenvalue weighted by Crippen LogP contribution is 2.39. The zero-order chi connectivity index (χ0) is 22.4. The number of alkyl halides is 3.